The van der Waals surface area contributed by atoms with Crippen molar-refractivity contribution < 1.29 is 18.1 Å². The van der Waals surface area contributed by atoms with Crippen LogP contribution in [0.15, 0.2) is 144 Å². The predicted molar refractivity (Wildman–Crippen MR) is 176 cm³/mol. The molecule has 206 valence electrons. The van der Waals surface area contributed by atoms with Crippen LogP contribution in [0, 0.1) is 0 Å². The highest BCUT2D eigenvalue weighted by atomic mass is 16.3. The van der Waals surface area contributed by atoms with E-state index in [0.717, 1.165) is 43.7 Å². The fourth-order valence-corrected chi connectivity index (χ4v) is 5.55. The Bertz CT molecular complexity index is 2920. The number of hydrogen-bond acceptors (Lipinski definition) is 5. The maximum absolute atomic E-state index is 8.57. The van der Waals surface area contributed by atoms with Gasteiger partial charge in [0.1, 0.15) is 16.9 Å². The Hall–Kier alpha value is -6.14. The summed E-state index contributed by atoms with van der Waals surface area (Å²) in [7, 11) is 0. The van der Waals surface area contributed by atoms with Crippen molar-refractivity contribution in [1.82, 2.24) is 24.5 Å². The zero-order chi connectivity index (χ0) is 37.7. The van der Waals surface area contributed by atoms with E-state index in [4.69, 9.17) is 23.1 Å². The number of hydrogen-bond donors (Lipinski definition) is 0. The highest BCUT2D eigenvalue weighted by molar-refractivity contribution is 6.17. The molecule has 0 saturated heterocycles. The van der Waals surface area contributed by atoms with Crippen LogP contribution in [-0.2, 0) is 0 Å². The summed E-state index contributed by atoms with van der Waals surface area (Å²) in [6, 6.07) is 17.4. The van der Waals surface area contributed by atoms with Gasteiger partial charge in [0.05, 0.1) is 36.6 Å². The number of benzene rings is 5. The van der Waals surface area contributed by atoms with Crippen LogP contribution >= 0.6 is 0 Å². The summed E-state index contributed by atoms with van der Waals surface area (Å²) in [4.78, 5) is 18.0. The molecule has 6 heteroatoms. The first-order valence-corrected chi connectivity index (χ1v) is 13.7. The maximum Gasteiger partial charge on any atom is 0.182 e. The van der Waals surface area contributed by atoms with Crippen molar-refractivity contribution in [2.45, 2.75) is 0 Å². The maximum atomic E-state index is 8.57. The van der Waals surface area contributed by atoms with Gasteiger partial charge in [-0.3, -0.25) is 4.98 Å². The number of pyridine rings is 1. The molecule has 0 fully saturated rings. The Morgan fingerprint density at radius 2 is 1.20 bits per heavy atom. The molecule has 0 aliphatic carbocycles. The first-order chi connectivity index (χ1) is 25.9. The van der Waals surface area contributed by atoms with E-state index in [9.17, 15) is 0 Å². The van der Waals surface area contributed by atoms with Gasteiger partial charge in [-0.1, -0.05) is 96.8 Å². The highest BCUT2D eigenvalue weighted by Crippen LogP contribution is 2.38. The van der Waals surface area contributed by atoms with Crippen LogP contribution in [0.4, 0.5) is 0 Å². The van der Waals surface area contributed by atoms with Crippen molar-refractivity contribution in [2.75, 3.05) is 0 Å². The lowest BCUT2D eigenvalue weighted by Gasteiger charge is -2.10. The standard InChI is InChI=1S/C38H23N5O/c1-3-11-24(12-4-1)36-40-37(25-13-5-2-6-14-25)42-38(41-36)31-20-19-26(23-39-31)43-32-17-9-7-15-27(32)29-22-35-30(21-33(29)43)28-16-8-10-18-34(28)44-35/h1-23H/i1D,2D,3D,4D,5D,6D,11D,12D,13D,14D. The van der Waals surface area contributed by atoms with E-state index < -0.39 is 60.4 Å². The lowest BCUT2D eigenvalue weighted by Crippen LogP contribution is -2.02. The smallest absolute Gasteiger partial charge is 0.182 e. The van der Waals surface area contributed by atoms with Gasteiger partial charge in [-0.2, -0.15) is 0 Å². The van der Waals surface area contributed by atoms with Gasteiger partial charge in [0.2, 0.25) is 0 Å². The summed E-state index contributed by atoms with van der Waals surface area (Å²) in [5.74, 6) is -0.833. The second-order valence-corrected chi connectivity index (χ2v) is 10.0. The lowest BCUT2D eigenvalue weighted by atomic mass is 10.1. The second kappa shape index (κ2) is 9.71. The normalized spacial score (nSPS) is 14.8. The minimum atomic E-state index is -0.619. The highest BCUT2D eigenvalue weighted by Gasteiger charge is 2.17. The van der Waals surface area contributed by atoms with E-state index in [-0.39, 0.29) is 34.3 Å². The quantitative estimate of drug-likeness (QED) is 0.209. The molecule has 9 aromatic rings. The van der Waals surface area contributed by atoms with Gasteiger partial charge in [-0.15, -0.1) is 0 Å². The molecule has 44 heavy (non-hydrogen) atoms. The van der Waals surface area contributed by atoms with E-state index in [1.807, 2.05) is 60.7 Å². The van der Waals surface area contributed by atoms with Crippen molar-refractivity contribution in [3.8, 4) is 40.0 Å². The number of para-hydroxylation sites is 2. The first kappa shape index (κ1) is 16.5. The van der Waals surface area contributed by atoms with E-state index in [2.05, 4.69) is 25.6 Å². The summed E-state index contributed by atoms with van der Waals surface area (Å²) >= 11 is 0. The van der Waals surface area contributed by atoms with Gasteiger partial charge >= 0.3 is 0 Å². The van der Waals surface area contributed by atoms with Crippen LogP contribution in [0.25, 0.3) is 83.7 Å². The molecule has 0 atom stereocenters. The first-order valence-electron chi connectivity index (χ1n) is 18.7. The summed E-state index contributed by atoms with van der Waals surface area (Å²) in [6.45, 7) is 0. The molecule has 9 rings (SSSR count). The molecule has 0 unspecified atom stereocenters. The lowest BCUT2D eigenvalue weighted by molar-refractivity contribution is 0.669. The van der Waals surface area contributed by atoms with Crippen LogP contribution in [0.2, 0.25) is 0 Å². The van der Waals surface area contributed by atoms with Crippen LogP contribution in [0.3, 0.4) is 0 Å². The summed E-state index contributed by atoms with van der Waals surface area (Å²) < 4.78 is 91.5. The van der Waals surface area contributed by atoms with Crippen molar-refractivity contribution in [1.29, 1.82) is 0 Å². The molecule has 0 radical (unpaired) electrons. The molecule has 0 saturated carbocycles. The molecule has 4 heterocycles. The molecule has 5 aromatic carbocycles. The second-order valence-electron chi connectivity index (χ2n) is 10.0. The molecule has 0 bridgehead atoms. The summed E-state index contributed by atoms with van der Waals surface area (Å²) in [6.07, 6.45) is 1.62. The zero-order valence-corrected chi connectivity index (χ0v) is 22.6. The number of fused-ring (bicyclic) bond motifs is 6. The van der Waals surface area contributed by atoms with Crippen molar-refractivity contribution in [3.63, 3.8) is 0 Å². The van der Waals surface area contributed by atoms with Crippen LogP contribution in [-0.4, -0.2) is 24.5 Å². The fourth-order valence-electron chi connectivity index (χ4n) is 5.55. The summed E-state index contributed by atoms with van der Waals surface area (Å²) in [5.41, 5.74) is 3.57. The number of nitrogens with zero attached hydrogens (tertiary/aromatic N) is 5. The molecule has 0 aliphatic rings. The SMILES string of the molecule is [2H]c1c([2H])c([2H])c(-c2nc(-c3ccc(-n4c5ccccc5c5cc6oc7ccccc7c6cc54)cn3)nc(-c3c([2H])c([2H])c([2H])c([2H])c3[2H])n2)c([2H])c1[2H]. The molecule has 0 amide bonds. The molecule has 0 aliphatic heterocycles. The van der Waals surface area contributed by atoms with Gasteiger partial charge < -0.3 is 8.98 Å². The van der Waals surface area contributed by atoms with E-state index in [1.165, 1.54) is 0 Å². The van der Waals surface area contributed by atoms with Crippen LogP contribution < -0.4 is 0 Å². The Kier molecular flexibility index (Phi) is 3.64. The van der Waals surface area contributed by atoms with E-state index in [1.54, 1.807) is 12.3 Å². The third-order valence-corrected chi connectivity index (χ3v) is 7.49. The monoisotopic (exact) mass is 575 g/mol. The largest absolute Gasteiger partial charge is 0.456 e. The fraction of sp³-hybridized carbons (Fsp3) is 0. The number of furan rings is 1. The van der Waals surface area contributed by atoms with Gasteiger partial charge in [-0.05, 0) is 36.4 Å². The average Bonchev–Trinajstić information content (AvgIpc) is 3.71. The van der Waals surface area contributed by atoms with Gasteiger partial charge in [0, 0.05) is 32.7 Å². The van der Waals surface area contributed by atoms with Crippen molar-refractivity contribution in [3.05, 3.63) is 139 Å². The molecule has 6 nitrogen and oxygen atoms in total. The van der Waals surface area contributed by atoms with Crippen molar-refractivity contribution >= 4 is 43.7 Å². The van der Waals surface area contributed by atoms with Gasteiger partial charge in [-0.25, -0.2) is 15.0 Å². The van der Waals surface area contributed by atoms with Gasteiger partial charge in [0.15, 0.2) is 17.5 Å². The Balaban J connectivity index is 1.26. The Morgan fingerprint density at radius 3 is 1.91 bits per heavy atom. The Morgan fingerprint density at radius 1 is 0.545 bits per heavy atom. The van der Waals surface area contributed by atoms with E-state index in [0.29, 0.717) is 5.69 Å². The zero-order valence-electron chi connectivity index (χ0n) is 32.6. The third-order valence-electron chi connectivity index (χ3n) is 7.49. The van der Waals surface area contributed by atoms with Crippen LogP contribution in [0.5, 0.6) is 0 Å². The predicted octanol–water partition coefficient (Wildman–Crippen LogP) is 9.26. The summed E-state index contributed by atoms with van der Waals surface area (Å²) in [5, 5.41) is 3.92. The minimum Gasteiger partial charge on any atom is -0.456 e. The number of aromatic nitrogens is 5. The molecular weight excluding hydrogens is 542 g/mol. The van der Waals surface area contributed by atoms with Crippen molar-refractivity contribution in [2.24, 2.45) is 0 Å². The minimum absolute atomic E-state index is 0.117. The molecule has 4 aromatic heterocycles. The van der Waals surface area contributed by atoms with Gasteiger partial charge in [0.25, 0.3) is 0 Å². The average molecular weight is 576 g/mol. The van der Waals surface area contributed by atoms with Crippen LogP contribution in [0.1, 0.15) is 13.7 Å². The Labute approximate surface area is 266 Å². The number of rotatable bonds is 4. The topological polar surface area (TPSA) is 69.6 Å². The molecule has 0 spiro atoms. The third kappa shape index (κ3) is 3.89. The van der Waals surface area contributed by atoms with E-state index >= 15 is 0 Å². The molecular formula is C38H23N5O. The molecule has 0 N–H and O–H groups in total.